The van der Waals surface area contributed by atoms with E-state index in [-0.39, 0.29) is 24.2 Å². The first-order chi connectivity index (χ1) is 12.4. The van der Waals surface area contributed by atoms with Crippen LogP contribution < -0.4 is 4.90 Å². The molecule has 2 amide bonds. The molecule has 132 valence electrons. The normalized spacial score (nSPS) is 17.3. The van der Waals surface area contributed by atoms with Crippen molar-refractivity contribution in [1.82, 2.24) is 0 Å². The number of amides is 2. The van der Waals surface area contributed by atoms with Crippen LogP contribution in [-0.4, -0.2) is 22.9 Å². The fourth-order valence-corrected chi connectivity index (χ4v) is 3.04. The zero-order chi connectivity index (χ0) is 18.7. The lowest BCUT2D eigenvalue weighted by Gasteiger charge is -2.15. The molecule has 0 spiro atoms. The number of aliphatic carboxylic acids is 1. The number of imide groups is 1. The van der Waals surface area contributed by atoms with Gasteiger partial charge in [-0.3, -0.25) is 14.5 Å². The molecule has 5 heteroatoms. The van der Waals surface area contributed by atoms with Crippen molar-refractivity contribution in [3.05, 3.63) is 71.3 Å². The Bertz CT molecular complexity index is 866. The van der Waals surface area contributed by atoms with Crippen molar-refractivity contribution < 1.29 is 19.5 Å². The maximum atomic E-state index is 12.7. The van der Waals surface area contributed by atoms with Crippen molar-refractivity contribution in [1.29, 1.82) is 0 Å². The van der Waals surface area contributed by atoms with Gasteiger partial charge in [-0.25, -0.2) is 4.79 Å². The minimum absolute atomic E-state index is 0.190. The van der Waals surface area contributed by atoms with Gasteiger partial charge in [0.2, 0.25) is 11.8 Å². The molecule has 1 N–H and O–H groups in total. The van der Waals surface area contributed by atoms with E-state index in [1.54, 1.807) is 24.3 Å². The number of carboxylic acid groups (broad SMARTS) is 1. The van der Waals surface area contributed by atoms with Crippen molar-refractivity contribution in [2.75, 3.05) is 4.90 Å². The van der Waals surface area contributed by atoms with Gasteiger partial charge in [0.15, 0.2) is 0 Å². The highest BCUT2D eigenvalue weighted by molar-refractivity contribution is 6.21. The smallest absolute Gasteiger partial charge is 0.328 e. The van der Waals surface area contributed by atoms with Crippen LogP contribution >= 0.6 is 0 Å². The average Bonchev–Trinajstić information content (AvgIpc) is 2.89. The second-order valence-corrected chi connectivity index (χ2v) is 6.42. The highest BCUT2D eigenvalue weighted by Crippen LogP contribution is 2.29. The van der Waals surface area contributed by atoms with Gasteiger partial charge in [-0.05, 0) is 42.7 Å². The monoisotopic (exact) mass is 349 g/mol. The molecule has 1 atom stereocenters. The van der Waals surface area contributed by atoms with Crippen LogP contribution in [0.1, 0.15) is 23.1 Å². The zero-order valence-electron chi connectivity index (χ0n) is 14.4. The zero-order valence-corrected chi connectivity index (χ0v) is 14.4. The van der Waals surface area contributed by atoms with Crippen LogP contribution in [-0.2, 0) is 20.8 Å². The predicted octanol–water partition coefficient (Wildman–Crippen LogP) is 3.22. The number of hydrogen-bond acceptors (Lipinski definition) is 3. The molecule has 1 fully saturated rings. The molecule has 2 aromatic rings. The fraction of sp³-hybridized carbons (Fsp3) is 0.190. The molecule has 1 aliphatic rings. The quantitative estimate of drug-likeness (QED) is 0.664. The Morgan fingerprint density at radius 1 is 1.12 bits per heavy atom. The molecule has 0 unspecified atom stereocenters. The molecular formula is C21H19NO4. The first-order valence-corrected chi connectivity index (χ1v) is 8.37. The van der Waals surface area contributed by atoms with Gasteiger partial charge in [0.05, 0.1) is 11.6 Å². The third-order valence-corrected chi connectivity index (χ3v) is 4.41. The number of anilines is 1. The van der Waals surface area contributed by atoms with Crippen molar-refractivity contribution in [2.24, 2.45) is 5.92 Å². The molecule has 1 heterocycles. The van der Waals surface area contributed by atoms with Crippen molar-refractivity contribution in [2.45, 2.75) is 19.8 Å². The molecule has 2 aromatic carbocycles. The van der Waals surface area contributed by atoms with E-state index < -0.39 is 5.97 Å². The first-order valence-electron chi connectivity index (χ1n) is 8.37. The molecule has 3 rings (SSSR count). The van der Waals surface area contributed by atoms with E-state index in [1.807, 2.05) is 31.2 Å². The Kier molecular flexibility index (Phi) is 4.98. The lowest BCUT2D eigenvalue weighted by Crippen LogP contribution is -2.30. The molecule has 5 nitrogen and oxygen atoms in total. The summed E-state index contributed by atoms with van der Waals surface area (Å²) in [5, 5.41) is 8.65. The van der Waals surface area contributed by atoms with Gasteiger partial charge in [0, 0.05) is 12.5 Å². The van der Waals surface area contributed by atoms with E-state index in [4.69, 9.17) is 5.11 Å². The number of benzene rings is 2. The van der Waals surface area contributed by atoms with Crippen LogP contribution in [0, 0.1) is 12.8 Å². The SMILES string of the molecule is Cc1ccc(C[C@H]2CC(=O)N(c3ccc(/C=C/C(=O)O)cc3)C2=O)cc1. The maximum absolute atomic E-state index is 12.7. The van der Waals surface area contributed by atoms with Crippen LogP contribution in [0.2, 0.25) is 0 Å². The number of rotatable bonds is 5. The summed E-state index contributed by atoms with van der Waals surface area (Å²) in [6, 6.07) is 14.6. The van der Waals surface area contributed by atoms with Crippen LogP contribution in [0.3, 0.4) is 0 Å². The average molecular weight is 349 g/mol. The number of carbonyl (C=O) groups is 3. The maximum Gasteiger partial charge on any atom is 0.328 e. The van der Waals surface area contributed by atoms with E-state index in [2.05, 4.69) is 0 Å². The van der Waals surface area contributed by atoms with E-state index in [0.29, 0.717) is 17.7 Å². The lowest BCUT2D eigenvalue weighted by molar-refractivity contribution is -0.131. The summed E-state index contributed by atoms with van der Waals surface area (Å²) in [5.74, 6) is -1.78. The third-order valence-electron chi connectivity index (χ3n) is 4.41. The third kappa shape index (κ3) is 3.88. The second-order valence-electron chi connectivity index (χ2n) is 6.42. The molecule has 1 saturated heterocycles. The van der Waals surface area contributed by atoms with Crippen LogP contribution in [0.4, 0.5) is 5.69 Å². The molecule has 1 aliphatic heterocycles. The molecule has 0 radical (unpaired) electrons. The summed E-state index contributed by atoms with van der Waals surface area (Å²) >= 11 is 0. The van der Waals surface area contributed by atoms with E-state index in [9.17, 15) is 14.4 Å². The van der Waals surface area contributed by atoms with Gasteiger partial charge in [0.1, 0.15) is 0 Å². The topological polar surface area (TPSA) is 74.7 Å². The number of hydrogen-bond donors (Lipinski definition) is 1. The number of aryl methyl sites for hydroxylation is 1. The van der Waals surface area contributed by atoms with Gasteiger partial charge in [-0.15, -0.1) is 0 Å². The van der Waals surface area contributed by atoms with E-state index in [0.717, 1.165) is 17.2 Å². The molecular weight excluding hydrogens is 330 g/mol. The number of nitrogens with zero attached hydrogens (tertiary/aromatic N) is 1. The number of carboxylic acids is 1. The minimum atomic E-state index is -1.03. The highest BCUT2D eigenvalue weighted by atomic mass is 16.4. The summed E-state index contributed by atoms with van der Waals surface area (Å²) in [4.78, 5) is 36.8. The van der Waals surface area contributed by atoms with Crippen molar-refractivity contribution in [3.63, 3.8) is 0 Å². The van der Waals surface area contributed by atoms with Crippen LogP contribution in [0.15, 0.2) is 54.6 Å². The first kappa shape index (κ1) is 17.6. The summed E-state index contributed by atoms with van der Waals surface area (Å²) < 4.78 is 0. The van der Waals surface area contributed by atoms with E-state index in [1.165, 1.54) is 11.0 Å². The predicted molar refractivity (Wildman–Crippen MR) is 98.6 cm³/mol. The fourth-order valence-electron chi connectivity index (χ4n) is 3.04. The van der Waals surface area contributed by atoms with Crippen molar-refractivity contribution >= 4 is 29.5 Å². The molecule has 0 aromatic heterocycles. The highest BCUT2D eigenvalue weighted by Gasteiger charge is 2.39. The van der Waals surface area contributed by atoms with Gasteiger partial charge in [0.25, 0.3) is 0 Å². The summed E-state index contributed by atoms with van der Waals surface area (Å²) in [7, 11) is 0. The van der Waals surface area contributed by atoms with Gasteiger partial charge in [-0.1, -0.05) is 42.0 Å². The van der Waals surface area contributed by atoms with Gasteiger partial charge in [-0.2, -0.15) is 0 Å². The largest absolute Gasteiger partial charge is 0.478 e. The summed E-state index contributed by atoms with van der Waals surface area (Å²) in [6.07, 6.45) is 3.24. The minimum Gasteiger partial charge on any atom is -0.478 e. The molecule has 26 heavy (non-hydrogen) atoms. The molecule has 0 bridgehead atoms. The van der Waals surface area contributed by atoms with Crippen LogP contribution in [0.25, 0.3) is 6.08 Å². The standard InChI is InChI=1S/C21H19NO4/c1-14-2-4-16(5-3-14)12-17-13-19(23)22(21(17)26)18-9-6-15(7-10-18)8-11-20(24)25/h2-11,17H,12-13H2,1H3,(H,24,25)/b11-8+/t17-/m0/s1. The Morgan fingerprint density at radius 2 is 1.77 bits per heavy atom. The van der Waals surface area contributed by atoms with E-state index >= 15 is 0 Å². The Labute approximate surface area is 151 Å². The summed E-state index contributed by atoms with van der Waals surface area (Å²) in [5.41, 5.74) is 3.39. The lowest BCUT2D eigenvalue weighted by atomic mass is 9.97. The Hall–Kier alpha value is -3.21. The van der Waals surface area contributed by atoms with Crippen molar-refractivity contribution in [3.8, 4) is 0 Å². The number of carbonyl (C=O) groups excluding carboxylic acids is 2. The van der Waals surface area contributed by atoms with Crippen LogP contribution in [0.5, 0.6) is 0 Å². The Morgan fingerprint density at radius 3 is 2.38 bits per heavy atom. The second kappa shape index (κ2) is 7.35. The molecule has 0 aliphatic carbocycles. The van der Waals surface area contributed by atoms with Gasteiger partial charge >= 0.3 is 5.97 Å². The Balaban J connectivity index is 1.74. The van der Waals surface area contributed by atoms with Gasteiger partial charge < -0.3 is 5.11 Å². The molecule has 0 saturated carbocycles. The summed E-state index contributed by atoms with van der Waals surface area (Å²) in [6.45, 7) is 2.01.